The van der Waals surface area contributed by atoms with E-state index in [1.807, 2.05) is 30.3 Å². The summed E-state index contributed by atoms with van der Waals surface area (Å²) in [6.07, 6.45) is 0. The second-order valence-electron chi connectivity index (χ2n) is 5.36. The number of hydrogen-bond donors (Lipinski definition) is 2. The minimum Gasteiger partial charge on any atom is -0.493 e. The van der Waals surface area contributed by atoms with Crippen molar-refractivity contribution in [3.63, 3.8) is 0 Å². The van der Waals surface area contributed by atoms with Gasteiger partial charge in [-0.25, -0.2) is 9.59 Å². The molecule has 0 unspecified atom stereocenters. The summed E-state index contributed by atoms with van der Waals surface area (Å²) in [4.78, 5) is 35.4. The van der Waals surface area contributed by atoms with Crippen LogP contribution in [0.25, 0.3) is 0 Å². The predicted molar refractivity (Wildman–Crippen MR) is 96.6 cm³/mol. The number of imide groups is 1. The molecule has 27 heavy (non-hydrogen) atoms. The van der Waals surface area contributed by atoms with Crippen LogP contribution in [0.5, 0.6) is 11.5 Å². The Labute approximate surface area is 156 Å². The number of hydrogen-bond acceptors (Lipinski definition) is 6. The first-order valence-electron chi connectivity index (χ1n) is 8.04. The SMILES string of the molecule is COc1ccc(C(=O)OCC(=O)NC(=O)NCc2ccccc2)cc1OC. The zero-order valence-electron chi connectivity index (χ0n) is 15.0. The van der Waals surface area contributed by atoms with E-state index >= 15 is 0 Å². The zero-order chi connectivity index (χ0) is 19.6. The van der Waals surface area contributed by atoms with E-state index in [0.717, 1.165) is 5.56 Å². The molecule has 0 bridgehead atoms. The maximum atomic E-state index is 12.0. The van der Waals surface area contributed by atoms with Crippen LogP contribution in [0.15, 0.2) is 48.5 Å². The second-order valence-corrected chi connectivity index (χ2v) is 5.36. The number of carbonyl (C=O) groups is 3. The summed E-state index contributed by atoms with van der Waals surface area (Å²) in [5.74, 6) is -0.649. The lowest BCUT2D eigenvalue weighted by Crippen LogP contribution is -2.41. The van der Waals surface area contributed by atoms with Crippen LogP contribution in [0, 0.1) is 0 Å². The van der Waals surface area contributed by atoms with Gasteiger partial charge in [0.25, 0.3) is 5.91 Å². The van der Waals surface area contributed by atoms with Crippen LogP contribution in [-0.2, 0) is 16.1 Å². The van der Waals surface area contributed by atoms with E-state index < -0.39 is 24.5 Å². The van der Waals surface area contributed by atoms with Crippen LogP contribution in [0.2, 0.25) is 0 Å². The number of benzene rings is 2. The maximum Gasteiger partial charge on any atom is 0.338 e. The van der Waals surface area contributed by atoms with Gasteiger partial charge in [-0.15, -0.1) is 0 Å². The lowest BCUT2D eigenvalue weighted by atomic mass is 10.2. The van der Waals surface area contributed by atoms with Crippen molar-refractivity contribution >= 4 is 17.9 Å². The molecule has 0 aromatic heterocycles. The number of amides is 3. The van der Waals surface area contributed by atoms with Crippen molar-refractivity contribution in [2.24, 2.45) is 0 Å². The van der Waals surface area contributed by atoms with E-state index in [2.05, 4.69) is 10.6 Å². The number of nitrogens with one attached hydrogen (secondary N) is 2. The highest BCUT2D eigenvalue weighted by Gasteiger charge is 2.14. The minimum absolute atomic E-state index is 0.189. The molecule has 0 aliphatic heterocycles. The average Bonchev–Trinajstić information content (AvgIpc) is 2.70. The molecule has 0 fully saturated rings. The van der Waals surface area contributed by atoms with Crippen molar-refractivity contribution in [1.29, 1.82) is 0 Å². The van der Waals surface area contributed by atoms with E-state index in [-0.39, 0.29) is 12.1 Å². The van der Waals surface area contributed by atoms with E-state index in [0.29, 0.717) is 11.5 Å². The van der Waals surface area contributed by atoms with Crippen LogP contribution < -0.4 is 20.1 Å². The Morgan fingerprint density at radius 3 is 2.30 bits per heavy atom. The molecular formula is C19H20N2O6. The van der Waals surface area contributed by atoms with E-state index in [4.69, 9.17) is 14.2 Å². The Morgan fingerprint density at radius 1 is 0.926 bits per heavy atom. The fourth-order valence-corrected chi connectivity index (χ4v) is 2.16. The van der Waals surface area contributed by atoms with Crippen molar-refractivity contribution in [1.82, 2.24) is 10.6 Å². The number of esters is 1. The molecule has 0 heterocycles. The van der Waals surface area contributed by atoms with Crippen LogP contribution in [0.1, 0.15) is 15.9 Å². The summed E-state index contributed by atoms with van der Waals surface area (Å²) in [6, 6.07) is 13.0. The largest absolute Gasteiger partial charge is 0.493 e. The molecule has 8 nitrogen and oxygen atoms in total. The topological polar surface area (TPSA) is 103 Å². The van der Waals surface area contributed by atoms with Gasteiger partial charge in [-0.3, -0.25) is 10.1 Å². The standard InChI is InChI=1S/C19H20N2O6/c1-25-15-9-8-14(10-16(15)26-2)18(23)27-12-17(22)21-19(24)20-11-13-6-4-3-5-7-13/h3-10H,11-12H2,1-2H3,(H2,20,21,22,24). The Kier molecular flexibility index (Phi) is 7.18. The molecule has 2 rings (SSSR count). The molecule has 0 aliphatic carbocycles. The second kappa shape index (κ2) is 9.81. The molecule has 2 aromatic carbocycles. The summed E-state index contributed by atoms with van der Waals surface area (Å²) in [7, 11) is 2.91. The molecule has 0 saturated heterocycles. The Bertz CT molecular complexity index is 807. The molecular weight excluding hydrogens is 352 g/mol. The quantitative estimate of drug-likeness (QED) is 0.720. The van der Waals surface area contributed by atoms with Gasteiger partial charge in [0.15, 0.2) is 18.1 Å². The molecule has 2 N–H and O–H groups in total. The normalized spacial score (nSPS) is 9.85. The lowest BCUT2D eigenvalue weighted by molar-refractivity contribution is -0.123. The van der Waals surface area contributed by atoms with Crippen LogP contribution >= 0.6 is 0 Å². The third-order valence-electron chi connectivity index (χ3n) is 3.50. The highest BCUT2D eigenvalue weighted by atomic mass is 16.5. The summed E-state index contributed by atoms with van der Waals surface area (Å²) >= 11 is 0. The number of urea groups is 1. The van der Waals surface area contributed by atoms with Crippen LogP contribution in [-0.4, -0.2) is 38.7 Å². The van der Waals surface area contributed by atoms with Gasteiger partial charge in [0, 0.05) is 6.54 Å². The maximum absolute atomic E-state index is 12.0. The fourth-order valence-electron chi connectivity index (χ4n) is 2.16. The van der Waals surface area contributed by atoms with E-state index in [9.17, 15) is 14.4 Å². The molecule has 0 spiro atoms. The molecule has 0 saturated carbocycles. The van der Waals surface area contributed by atoms with Crippen molar-refractivity contribution in [2.45, 2.75) is 6.54 Å². The first-order chi connectivity index (χ1) is 13.0. The van der Waals surface area contributed by atoms with Crippen LogP contribution in [0.3, 0.4) is 0 Å². The monoisotopic (exact) mass is 372 g/mol. The van der Waals surface area contributed by atoms with Crippen molar-refractivity contribution in [3.8, 4) is 11.5 Å². The number of rotatable bonds is 7. The van der Waals surface area contributed by atoms with Gasteiger partial charge in [-0.2, -0.15) is 0 Å². The van der Waals surface area contributed by atoms with Gasteiger partial charge < -0.3 is 19.5 Å². The highest BCUT2D eigenvalue weighted by Crippen LogP contribution is 2.27. The Balaban J connectivity index is 1.79. The summed E-state index contributed by atoms with van der Waals surface area (Å²) in [6.45, 7) is -0.322. The van der Waals surface area contributed by atoms with E-state index in [1.165, 1.54) is 26.4 Å². The Morgan fingerprint density at radius 2 is 1.63 bits per heavy atom. The predicted octanol–water partition coefficient (Wildman–Crippen LogP) is 1.89. The lowest BCUT2D eigenvalue weighted by Gasteiger charge is -2.10. The number of methoxy groups -OCH3 is 2. The van der Waals surface area contributed by atoms with E-state index in [1.54, 1.807) is 6.07 Å². The van der Waals surface area contributed by atoms with Gasteiger partial charge in [-0.1, -0.05) is 30.3 Å². The molecule has 0 aliphatic rings. The third kappa shape index (κ3) is 6.03. The third-order valence-corrected chi connectivity index (χ3v) is 3.50. The first kappa shape index (κ1) is 19.8. The summed E-state index contributed by atoms with van der Waals surface area (Å²) in [5.41, 5.74) is 1.08. The van der Waals surface area contributed by atoms with Gasteiger partial charge in [-0.05, 0) is 23.8 Å². The van der Waals surface area contributed by atoms with Crippen molar-refractivity contribution in [2.75, 3.05) is 20.8 Å². The average molecular weight is 372 g/mol. The highest BCUT2D eigenvalue weighted by molar-refractivity contribution is 5.97. The van der Waals surface area contributed by atoms with Gasteiger partial charge in [0.2, 0.25) is 0 Å². The van der Waals surface area contributed by atoms with Crippen molar-refractivity contribution in [3.05, 3.63) is 59.7 Å². The number of carbonyl (C=O) groups excluding carboxylic acids is 3. The van der Waals surface area contributed by atoms with Crippen LogP contribution in [0.4, 0.5) is 4.79 Å². The molecule has 0 atom stereocenters. The molecule has 3 amide bonds. The molecule has 2 aromatic rings. The smallest absolute Gasteiger partial charge is 0.338 e. The summed E-state index contributed by atoms with van der Waals surface area (Å²) in [5, 5.41) is 4.62. The summed E-state index contributed by atoms with van der Waals surface area (Å²) < 4.78 is 15.1. The van der Waals surface area contributed by atoms with Gasteiger partial charge in [0.1, 0.15) is 0 Å². The first-order valence-corrected chi connectivity index (χ1v) is 8.04. The molecule has 142 valence electrons. The minimum atomic E-state index is -0.741. The van der Waals surface area contributed by atoms with Crippen molar-refractivity contribution < 1.29 is 28.6 Å². The van der Waals surface area contributed by atoms with Gasteiger partial charge >= 0.3 is 12.0 Å². The number of ether oxygens (including phenoxy) is 3. The zero-order valence-corrected chi connectivity index (χ0v) is 15.0. The fraction of sp³-hybridized carbons (Fsp3) is 0.211. The molecule has 8 heteroatoms. The molecule has 0 radical (unpaired) electrons. The van der Waals surface area contributed by atoms with Gasteiger partial charge in [0.05, 0.1) is 19.8 Å². The Hall–Kier alpha value is -3.55.